The minimum absolute atomic E-state index is 0.206. The Hall–Kier alpha value is -1.42. The zero-order chi connectivity index (χ0) is 13.1. The molecule has 0 spiro atoms. The van der Waals surface area contributed by atoms with Crippen LogP contribution in [-0.2, 0) is 6.54 Å². The van der Waals surface area contributed by atoms with Crippen LogP contribution < -0.4 is 5.73 Å². The molecule has 0 aliphatic carbocycles. The Bertz CT molecular complexity index is 445. The molecule has 3 N–H and O–H groups in total. The van der Waals surface area contributed by atoms with E-state index in [4.69, 9.17) is 11.1 Å². The Kier molecular flexibility index (Phi) is 3.97. The van der Waals surface area contributed by atoms with Gasteiger partial charge in [-0.25, -0.2) is 4.39 Å². The van der Waals surface area contributed by atoms with E-state index in [1.54, 1.807) is 18.2 Å². The van der Waals surface area contributed by atoms with Crippen molar-refractivity contribution in [3.8, 4) is 0 Å². The van der Waals surface area contributed by atoms with Gasteiger partial charge in [-0.05, 0) is 31.4 Å². The number of benzene rings is 1. The molecule has 1 aromatic carbocycles. The first-order valence-corrected chi connectivity index (χ1v) is 6.42. The molecule has 0 aromatic heterocycles. The maximum atomic E-state index is 14.1. The molecular formula is C14H20FN3. The summed E-state index contributed by atoms with van der Waals surface area (Å²) < 4.78 is 14.1. The quantitative estimate of drug-likeness (QED) is 0.638. The van der Waals surface area contributed by atoms with Gasteiger partial charge >= 0.3 is 0 Å². The fourth-order valence-electron chi connectivity index (χ4n) is 2.58. The maximum absolute atomic E-state index is 14.1. The van der Waals surface area contributed by atoms with E-state index in [1.807, 2.05) is 0 Å². The lowest BCUT2D eigenvalue weighted by atomic mass is 9.99. The van der Waals surface area contributed by atoms with Crippen molar-refractivity contribution in [2.75, 3.05) is 13.1 Å². The van der Waals surface area contributed by atoms with Gasteiger partial charge in [0.15, 0.2) is 0 Å². The zero-order valence-electron chi connectivity index (χ0n) is 10.7. The largest absolute Gasteiger partial charge is 0.384 e. The third kappa shape index (κ3) is 2.88. The van der Waals surface area contributed by atoms with Crippen LogP contribution in [0.15, 0.2) is 18.2 Å². The molecular weight excluding hydrogens is 229 g/mol. The molecule has 98 valence electrons. The average Bonchev–Trinajstić information content (AvgIpc) is 2.31. The predicted molar refractivity (Wildman–Crippen MR) is 71.1 cm³/mol. The van der Waals surface area contributed by atoms with E-state index in [-0.39, 0.29) is 17.2 Å². The van der Waals surface area contributed by atoms with Gasteiger partial charge in [0.25, 0.3) is 0 Å². The van der Waals surface area contributed by atoms with E-state index < -0.39 is 0 Å². The van der Waals surface area contributed by atoms with Gasteiger partial charge in [-0.2, -0.15) is 0 Å². The summed E-state index contributed by atoms with van der Waals surface area (Å²) in [4.78, 5) is 2.27. The van der Waals surface area contributed by atoms with Crippen molar-refractivity contribution in [2.45, 2.75) is 26.3 Å². The summed E-state index contributed by atoms with van der Waals surface area (Å²) in [5, 5.41) is 7.35. The normalized spacial score (nSPS) is 20.9. The number of hydrogen-bond acceptors (Lipinski definition) is 2. The van der Waals surface area contributed by atoms with Crippen LogP contribution in [0.2, 0.25) is 0 Å². The number of nitrogens with one attached hydrogen (secondary N) is 1. The van der Waals surface area contributed by atoms with Crippen molar-refractivity contribution in [3.63, 3.8) is 0 Å². The SMILES string of the molecule is CC1CCCN(Cc2cccc(C(=N)N)c2F)C1. The van der Waals surface area contributed by atoms with E-state index >= 15 is 0 Å². The van der Waals surface area contributed by atoms with E-state index in [2.05, 4.69) is 11.8 Å². The molecule has 0 bridgehead atoms. The number of halogens is 1. The highest BCUT2D eigenvalue weighted by molar-refractivity contribution is 5.95. The van der Waals surface area contributed by atoms with Crippen molar-refractivity contribution >= 4 is 5.84 Å². The minimum Gasteiger partial charge on any atom is -0.384 e. The Morgan fingerprint density at radius 1 is 1.56 bits per heavy atom. The smallest absolute Gasteiger partial charge is 0.138 e. The van der Waals surface area contributed by atoms with Crippen LogP contribution >= 0.6 is 0 Å². The lowest BCUT2D eigenvalue weighted by molar-refractivity contribution is 0.175. The number of piperidine rings is 1. The Morgan fingerprint density at radius 2 is 2.33 bits per heavy atom. The summed E-state index contributed by atoms with van der Waals surface area (Å²) in [6, 6.07) is 5.10. The summed E-state index contributed by atoms with van der Waals surface area (Å²) in [6.07, 6.45) is 2.43. The van der Waals surface area contributed by atoms with Crippen molar-refractivity contribution in [1.29, 1.82) is 5.41 Å². The van der Waals surface area contributed by atoms with Gasteiger partial charge in [0.05, 0.1) is 5.56 Å². The Balaban J connectivity index is 2.14. The molecule has 3 nitrogen and oxygen atoms in total. The Morgan fingerprint density at radius 3 is 3.00 bits per heavy atom. The molecule has 2 rings (SSSR count). The molecule has 0 saturated carbocycles. The monoisotopic (exact) mass is 249 g/mol. The third-order valence-corrected chi connectivity index (χ3v) is 3.50. The molecule has 0 radical (unpaired) electrons. The van der Waals surface area contributed by atoms with Crippen molar-refractivity contribution in [2.24, 2.45) is 11.7 Å². The number of hydrogen-bond donors (Lipinski definition) is 2. The third-order valence-electron chi connectivity index (χ3n) is 3.50. The summed E-state index contributed by atoms with van der Waals surface area (Å²) in [5.41, 5.74) is 6.21. The van der Waals surface area contributed by atoms with Crippen LogP contribution in [0.4, 0.5) is 4.39 Å². The topological polar surface area (TPSA) is 53.1 Å². The standard InChI is InChI=1S/C14H20FN3/c1-10-4-3-7-18(8-10)9-11-5-2-6-12(13(11)15)14(16)17/h2,5-6,10H,3-4,7-9H2,1H3,(H3,16,17). The summed E-state index contributed by atoms with van der Waals surface area (Å²) in [5.74, 6) is 0.127. The van der Waals surface area contributed by atoms with Crippen molar-refractivity contribution in [1.82, 2.24) is 4.90 Å². The highest BCUT2D eigenvalue weighted by Gasteiger charge is 2.18. The van der Waals surface area contributed by atoms with Gasteiger partial charge < -0.3 is 5.73 Å². The van der Waals surface area contributed by atoms with E-state index in [9.17, 15) is 4.39 Å². The fraction of sp³-hybridized carbons (Fsp3) is 0.500. The molecule has 18 heavy (non-hydrogen) atoms. The lowest BCUT2D eigenvalue weighted by Crippen LogP contribution is -2.34. The number of nitrogen functional groups attached to an aromatic ring is 1. The van der Waals surface area contributed by atoms with Gasteiger partial charge in [0, 0.05) is 18.7 Å². The van der Waals surface area contributed by atoms with Gasteiger partial charge in [-0.1, -0.05) is 19.1 Å². The van der Waals surface area contributed by atoms with Crippen LogP contribution in [0, 0.1) is 17.1 Å². The average molecular weight is 249 g/mol. The summed E-state index contributed by atoms with van der Waals surface area (Å²) in [7, 11) is 0. The van der Waals surface area contributed by atoms with E-state index in [0.717, 1.165) is 13.1 Å². The first-order chi connectivity index (χ1) is 8.58. The highest BCUT2D eigenvalue weighted by atomic mass is 19.1. The number of amidine groups is 1. The first kappa shape index (κ1) is 13.0. The zero-order valence-corrected chi connectivity index (χ0v) is 10.7. The summed E-state index contributed by atoms with van der Waals surface area (Å²) >= 11 is 0. The lowest BCUT2D eigenvalue weighted by Gasteiger charge is -2.31. The molecule has 1 atom stereocenters. The molecule has 1 fully saturated rings. The molecule has 1 unspecified atom stereocenters. The molecule has 1 aromatic rings. The van der Waals surface area contributed by atoms with Crippen LogP contribution in [0.5, 0.6) is 0 Å². The van der Waals surface area contributed by atoms with Crippen LogP contribution in [0.1, 0.15) is 30.9 Å². The molecule has 1 aliphatic heterocycles. The second-order valence-electron chi connectivity index (χ2n) is 5.17. The molecule has 0 amide bonds. The van der Waals surface area contributed by atoms with Gasteiger partial charge in [-0.15, -0.1) is 0 Å². The van der Waals surface area contributed by atoms with E-state index in [0.29, 0.717) is 18.0 Å². The van der Waals surface area contributed by atoms with E-state index in [1.165, 1.54) is 12.8 Å². The number of nitrogens with two attached hydrogens (primary N) is 1. The summed E-state index contributed by atoms with van der Waals surface area (Å²) in [6.45, 7) is 4.88. The van der Waals surface area contributed by atoms with Crippen LogP contribution in [0.25, 0.3) is 0 Å². The molecule has 1 heterocycles. The van der Waals surface area contributed by atoms with Crippen molar-refractivity contribution in [3.05, 3.63) is 35.1 Å². The van der Waals surface area contributed by atoms with Crippen molar-refractivity contribution < 1.29 is 4.39 Å². The van der Waals surface area contributed by atoms with Gasteiger partial charge in [-0.3, -0.25) is 10.3 Å². The Labute approximate surface area is 107 Å². The molecule has 1 saturated heterocycles. The number of rotatable bonds is 3. The maximum Gasteiger partial charge on any atom is 0.138 e. The predicted octanol–water partition coefficient (Wildman–Crippen LogP) is 2.34. The fourth-order valence-corrected chi connectivity index (χ4v) is 2.58. The second kappa shape index (κ2) is 5.48. The second-order valence-corrected chi connectivity index (χ2v) is 5.17. The minimum atomic E-state index is -0.344. The number of nitrogens with zero attached hydrogens (tertiary/aromatic N) is 1. The molecule has 4 heteroatoms. The highest BCUT2D eigenvalue weighted by Crippen LogP contribution is 2.20. The van der Waals surface area contributed by atoms with Gasteiger partial charge in [0.1, 0.15) is 11.7 Å². The first-order valence-electron chi connectivity index (χ1n) is 6.42. The van der Waals surface area contributed by atoms with Crippen LogP contribution in [-0.4, -0.2) is 23.8 Å². The molecule has 1 aliphatic rings. The van der Waals surface area contributed by atoms with Crippen LogP contribution in [0.3, 0.4) is 0 Å². The van der Waals surface area contributed by atoms with Gasteiger partial charge in [0.2, 0.25) is 0 Å². The number of likely N-dealkylation sites (tertiary alicyclic amines) is 1.